The zero-order valence-electron chi connectivity index (χ0n) is 9.15. The Morgan fingerprint density at radius 2 is 2.07 bits per heavy atom. The molecule has 0 spiro atoms. The average molecular weight is 209 g/mol. The molecule has 0 N–H and O–H groups in total. The molecular formula is C12H19NO2. The summed E-state index contributed by atoms with van der Waals surface area (Å²) < 4.78 is 5.33. The van der Waals surface area contributed by atoms with E-state index >= 15 is 0 Å². The van der Waals surface area contributed by atoms with Gasteiger partial charge in [-0.15, -0.1) is 0 Å². The van der Waals surface area contributed by atoms with Crippen LogP contribution in [0.4, 0.5) is 0 Å². The number of ether oxygens (including phenoxy) is 1. The van der Waals surface area contributed by atoms with E-state index < -0.39 is 0 Å². The van der Waals surface area contributed by atoms with Gasteiger partial charge in [-0.1, -0.05) is 0 Å². The van der Waals surface area contributed by atoms with Crippen LogP contribution in [0.2, 0.25) is 0 Å². The summed E-state index contributed by atoms with van der Waals surface area (Å²) in [6, 6.07) is 0. The molecule has 1 heterocycles. The van der Waals surface area contributed by atoms with Gasteiger partial charge in [-0.25, -0.2) is 0 Å². The van der Waals surface area contributed by atoms with Crippen LogP contribution in [0.3, 0.4) is 0 Å². The monoisotopic (exact) mass is 209 g/mol. The minimum absolute atomic E-state index is 0.363. The average Bonchev–Trinajstić information content (AvgIpc) is 2.84. The van der Waals surface area contributed by atoms with E-state index in [0.717, 1.165) is 32.8 Å². The van der Waals surface area contributed by atoms with E-state index in [-0.39, 0.29) is 0 Å². The lowest BCUT2D eigenvalue weighted by Crippen LogP contribution is -2.42. The second-order valence-electron chi connectivity index (χ2n) is 5.19. The maximum absolute atomic E-state index is 12.0. The largest absolute Gasteiger partial charge is 0.379 e. The summed E-state index contributed by atoms with van der Waals surface area (Å²) in [6.45, 7) is 4.72. The first-order chi connectivity index (χ1) is 7.34. The van der Waals surface area contributed by atoms with Crippen LogP contribution in [-0.2, 0) is 9.53 Å². The molecule has 2 saturated carbocycles. The summed E-state index contributed by atoms with van der Waals surface area (Å²) in [7, 11) is 0. The first-order valence-electron chi connectivity index (χ1n) is 6.18. The Bertz CT molecular complexity index is 260. The zero-order chi connectivity index (χ0) is 10.3. The highest BCUT2D eigenvalue weighted by Gasteiger charge is 2.46. The second kappa shape index (κ2) is 3.87. The molecule has 1 saturated heterocycles. The molecule has 3 nitrogen and oxygen atoms in total. The van der Waals surface area contributed by atoms with E-state index in [4.69, 9.17) is 4.74 Å². The minimum atomic E-state index is 0.363. The number of ketones is 1. The van der Waals surface area contributed by atoms with E-state index in [1.165, 1.54) is 19.3 Å². The standard InChI is InChI=1S/C12H19NO2/c14-12-10-2-1-9(7-10)11(12)8-13-3-5-15-6-4-13/h9-11H,1-8H2/t9-,10-,11+/m0/s1. The highest BCUT2D eigenvalue weighted by Crippen LogP contribution is 2.46. The van der Waals surface area contributed by atoms with Crippen LogP contribution in [0.1, 0.15) is 19.3 Å². The molecule has 3 atom stereocenters. The molecule has 0 unspecified atom stereocenters. The molecule has 3 aliphatic rings. The van der Waals surface area contributed by atoms with Crippen molar-refractivity contribution >= 4 is 5.78 Å². The zero-order valence-corrected chi connectivity index (χ0v) is 9.15. The summed E-state index contributed by atoms with van der Waals surface area (Å²) in [4.78, 5) is 14.4. The molecule has 0 radical (unpaired) electrons. The van der Waals surface area contributed by atoms with Crippen LogP contribution in [0.15, 0.2) is 0 Å². The van der Waals surface area contributed by atoms with Gasteiger partial charge in [0, 0.05) is 31.5 Å². The Balaban J connectivity index is 1.60. The highest BCUT2D eigenvalue weighted by atomic mass is 16.5. The second-order valence-corrected chi connectivity index (χ2v) is 5.19. The maximum Gasteiger partial charge on any atom is 0.140 e. The number of Topliss-reactive ketones (excluding diaryl/α,β-unsaturated/α-hetero) is 1. The molecule has 3 heteroatoms. The Hall–Kier alpha value is -0.410. The van der Waals surface area contributed by atoms with E-state index in [1.807, 2.05) is 0 Å². The molecule has 2 bridgehead atoms. The quantitative estimate of drug-likeness (QED) is 0.677. The molecule has 3 rings (SSSR count). The Morgan fingerprint density at radius 1 is 1.27 bits per heavy atom. The maximum atomic E-state index is 12.0. The van der Waals surface area contributed by atoms with E-state index in [9.17, 15) is 4.79 Å². The van der Waals surface area contributed by atoms with Crippen molar-refractivity contribution in [3.05, 3.63) is 0 Å². The van der Waals surface area contributed by atoms with Crippen molar-refractivity contribution in [2.24, 2.45) is 17.8 Å². The smallest absolute Gasteiger partial charge is 0.140 e. The third-order valence-electron chi connectivity index (χ3n) is 4.37. The highest BCUT2D eigenvalue weighted by molar-refractivity contribution is 5.87. The summed E-state index contributed by atoms with van der Waals surface area (Å²) in [6.07, 6.45) is 3.66. The normalized spacial score (nSPS) is 41.3. The van der Waals surface area contributed by atoms with Gasteiger partial charge in [0.15, 0.2) is 0 Å². The van der Waals surface area contributed by atoms with Crippen LogP contribution in [0, 0.1) is 17.8 Å². The molecule has 0 aromatic rings. The van der Waals surface area contributed by atoms with Crippen LogP contribution >= 0.6 is 0 Å². The van der Waals surface area contributed by atoms with Gasteiger partial charge in [0.05, 0.1) is 13.2 Å². The van der Waals surface area contributed by atoms with Crippen LogP contribution in [0.25, 0.3) is 0 Å². The number of nitrogens with zero attached hydrogens (tertiary/aromatic N) is 1. The molecule has 0 aromatic carbocycles. The minimum Gasteiger partial charge on any atom is -0.379 e. The van der Waals surface area contributed by atoms with Gasteiger partial charge in [0.25, 0.3) is 0 Å². The van der Waals surface area contributed by atoms with Gasteiger partial charge in [-0.2, -0.15) is 0 Å². The summed E-state index contributed by atoms with van der Waals surface area (Å²) >= 11 is 0. The number of fused-ring (bicyclic) bond motifs is 2. The third-order valence-corrected chi connectivity index (χ3v) is 4.37. The van der Waals surface area contributed by atoms with Gasteiger partial charge >= 0.3 is 0 Å². The van der Waals surface area contributed by atoms with Crippen LogP contribution < -0.4 is 0 Å². The predicted molar refractivity (Wildman–Crippen MR) is 56.6 cm³/mol. The van der Waals surface area contributed by atoms with Crippen molar-refractivity contribution in [3.63, 3.8) is 0 Å². The topological polar surface area (TPSA) is 29.5 Å². The molecule has 3 fully saturated rings. The van der Waals surface area contributed by atoms with Crippen molar-refractivity contribution in [2.45, 2.75) is 19.3 Å². The number of hydrogen-bond donors (Lipinski definition) is 0. The lowest BCUT2D eigenvalue weighted by Gasteiger charge is -2.31. The van der Waals surface area contributed by atoms with E-state index in [2.05, 4.69) is 4.90 Å². The fraction of sp³-hybridized carbons (Fsp3) is 0.917. The summed E-state index contributed by atoms with van der Waals surface area (Å²) in [5, 5.41) is 0. The van der Waals surface area contributed by atoms with Gasteiger partial charge in [0.2, 0.25) is 0 Å². The van der Waals surface area contributed by atoms with Gasteiger partial charge in [0.1, 0.15) is 5.78 Å². The third kappa shape index (κ3) is 1.72. The molecule has 2 aliphatic carbocycles. The fourth-order valence-corrected chi connectivity index (χ4v) is 3.48. The van der Waals surface area contributed by atoms with Crippen molar-refractivity contribution in [1.82, 2.24) is 4.90 Å². The lowest BCUT2D eigenvalue weighted by atomic mass is 9.87. The first kappa shape index (κ1) is 9.79. The molecule has 84 valence electrons. The molecule has 15 heavy (non-hydrogen) atoms. The fourth-order valence-electron chi connectivity index (χ4n) is 3.48. The van der Waals surface area contributed by atoms with Crippen LogP contribution in [-0.4, -0.2) is 43.5 Å². The summed E-state index contributed by atoms with van der Waals surface area (Å²) in [5.41, 5.74) is 0. The summed E-state index contributed by atoms with van der Waals surface area (Å²) in [5.74, 6) is 2.07. The molecule has 0 amide bonds. The first-order valence-corrected chi connectivity index (χ1v) is 6.18. The van der Waals surface area contributed by atoms with Crippen molar-refractivity contribution in [3.8, 4) is 0 Å². The molecule has 1 aliphatic heterocycles. The van der Waals surface area contributed by atoms with Gasteiger partial charge in [-0.05, 0) is 25.2 Å². The van der Waals surface area contributed by atoms with E-state index in [0.29, 0.717) is 23.5 Å². The Labute approximate surface area is 90.8 Å². The van der Waals surface area contributed by atoms with E-state index in [1.54, 1.807) is 0 Å². The number of hydrogen-bond acceptors (Lipinski definition) is 3. The number of carbonyl (C=O) groups is 1. The van der Waals surface area contributed by atoms with Crippen LogP contribution in [0.5, 0.6) is 0 Å². The SMILES string of the molecule is O=C1[C@H]2CC[C@@H](C2)[C@H]1CN1CCOCC1. The number of rotatable bonds is 2. The Morgan fingerprint density at radius 3 is 2.73 bits per heavy atom. The van der Waals surface area contributed by atoms with Crippen molar-refractivity contribution in [1.29, 1.82) is 0 Å². The molecule has 0 aromatic heterocycles. The van der Waals surface area contributed by atoms with Gasteiger partial charge < -0.3 is 4.74 Å². The number of carbonyl (C=O) groups excluding carboxylic acids is 1. The van der Waals surface area contributed by atoms with Crippen molar-refractivity contribution < 1.29 is 9.53 Å². The van der Waals surface area contributed by atoms with Gasteiger partial charge in [-0.3, -0.25) is 9.69 Å². The van der Waals surface area contributed by atoms with Crippen molar-refractivity contribution in [2.75, 3.05) is 32.8 Å². The lowest BCUT2D eigenvalue weighted by molar-refractivity contribution is -0.126. The predicted octanol–water partition coefficient (Wildman–Crippen LogP) is 0.934. The number of morpholine rings is 1. The Kier molecular flexibility index (Phi) is 2.53. The molecular weight excluding hydrogens is 190 g/mol.